The number of halogens is 1. The molecule has 1 aliphatic rings. The topological polar surface area (TPSA) is 64.4 Å². The maximum absolute atomic E-state index is 13.2. The molecule has 1 N–H and O–H groups in total. The van der Waals surface area contributed by atoms with Gasteiger partial charge in [-0.3, -0.25) is 4.79 Å². The molecule has 1 aliphatic carbocycles. The van der Waals surface area contributed by atoms with Gasteiger partial charge in [-0.1, -0.05) is 47.1 Å². The summed E-state index contributed by atoms with van der Waals surface area (Å²) in [5.74, 6) is 1.49. The monoisotopic (exact) mass is 396 g/mol. The summed E-state index contributed by atoms with van der Waals surface area (Å²) in [5.41, 5.74) is 2.63. The van der Waals surface area contributed by atoms with E-state index in [1.165, 1.54) is 0 Å². The smallest absolute Gasteiger partial charge is 0.257 e. The Kier molecular flexibility index (Phi) is 5.09. The second-order valence-electron chi connectivity index (χ2n) is 7.00. The summed E-state index contributed by atoms with van der Waals surface area (Å²) in [4.78, 5) is 13.2. The van der Waals surface area contributed by atoms with Crippen LogP contribution in [0, 0.1) is 12.8 Å². The van der Waals surface area contributed by atoms with Crippen molar-refractivity contribution in [3.05, 3.63) is 70.4 Å². The molecule has 1 amide bonds. The fraction of sp³-hybridized carbons (Fsp3) is 0.273. The largest absolute Gasteiger partial charge is 0.497 e. The van der Waals surface area contributed by atoms with Gasteiger partial charge in [-0.05, 0) is 49.4 Å². The summed E-state index contributed by atoms with van der Waals surface area (Å²) in [6, 6.07) is 15.1. The molecule has 1 atom stereocenters. The third-order valence-electron chi connectivity index (χ3n) is 5.07. The SMILES string of the molecule is COc1ccc([C@@H](NC(=O)c2c(-c3ccccc3Cl)noc2C)C2CC2)cc1. The number of hydrogen-bond acceptors (Lipinski definition) is 4. The second kappa shape index (κ2) is 7.68. The van der Waals surface area contributed by atoms with E-state index in [2.05, 4.69) is 10.5 Å². The van der Waals surface area contributed by atoms with Crippen LogP contribution in [-0.4, -0.2) is 18.2 Å². The molecular formula is C22H21ClN2O3. The normalized spacial score (nSPS) is 14.5. The van der Waals surface area contributed by atoms with Gasteiger partial charge < -0.3 is 14.6 Å². The number of hydrogen-bond donors (Lipinski definition) is 1. The molecule has 0 spiro atoms. The lowest BCUT2D eigenvalue weighted by Gasteiger charge is -2.19. The van der Waals surface area contributed by atoms with Crippen LogP contribution in [0.3, 0.4) is 0 Å². The Hall–Kier alpha value is -2.79. The predicted octanol–water partition coefficient (Wildman–Crippen LogP) is 5.19. The lowest BCUT2D eigenvalue weighted by molar-refractivity contribution is 0.0930. The second-order valence-corrected chi connectivity index (χ2v) is 7.41. The molecular weight excluding hydrogens is 376 g/mol. The highest BCUT2D eigenvalue weighted by molar-refractivity contribution is 6.33. The molecule has 0 unspecified atom stereocenters. The average Bonchev–Trinajstić information content (AvgIpc) is 3.48. The fourth-order valence-electron chi connectivity index (χ4n) is 3.40. The molecule has 1 aromatic heterocycles. The van der Waals surface area contributed by atoms with Crippen molar-refractivity contribution in [1.29, 1.82) is 0 Å². The van der Waals surface area contributed by atoms with Crippen LogP contribution in [0.15, 0.2) is 53.1 Å². The lowest BCUT2D eigenvalue weighted by Crippen LogP contribution is -2.30. The van der Waals surface area contributed by atoms with E-state index in [1.54, 1.807) is 20.1 Å². The first-order valence-electron chi connectivity index (χ1n) is 9.24. The summed E-state index contributed by atoms with van der Waals surface area (Å²) in [6.45, 7) is 1.74. The minimum atomic E-state index is -0.207. The number of ether oxygens (including phenoxy) is 1. The van der Waals surface area contributed by atoms with E-state index in [-0.39, 0.29) is 11.9 Å². The highest BCUT2D eigenvalue weighted by Gasteiger charge is 2.35. The molecule has 28 heavy (non-hydrogen) atoms. The zero-order valence-electron chi connectivity index (χ0n) is 15.7. The number of carbonyl (C=O) groups is 1. The van der Waals surface area contributed by atoms with Gasteiger partial charge in [0.15, 0.2) is 0 Å². The van der Waals surface area contributed by atoms with Gasteiger partial charge in [-0.2, -0.15) is 0 Å². The maximum atomic E-state index is 13.2. The Morgan fingerprint density at radius 2 is 1.93 bits per heavy atom. The summed E-state index contributed by atoms with van der Waals surface area (Å²) in [5, 5.41) is 7.80. The van der Waals surface area contributed by atoms with Crippen LogP contribution in [0.2, 0.25) is 5.02 Å². The highest BCUT2D eigenvalue weighted by Crippen LogP contribution is 2.42. The van der Waals surface area contributed by atoms with Gasteiger partial charge >= 0.3 is 0 Å². The van der Waals surface area contributed by atoms with Crippen molar-refractivity contribution >= 4 is 17.5 Å². The third kappa shape index (κ3) is 3.62. The van der Waals surface area contributed by atoms with E-state index >= 15 is 0 Å². The van der Waals surface area contributed by atoms with E-state index in [0.29, 0.717) is 33.5 Å². The summed E-state index contributed by atoms with van der Waals surface area (Å²) in [6.07, 6.45) is 2.19. The maximum Gasteiger partial charge on any atom is 0.257 e. The van der Waals surface area contributed by atoms with Crippen LogP contribution in [0.4, 0.5) is 0 Å². The quantitative estimate of drug-likeness (QED) is 0.622. The average molecular weight is 397 g/mol. The minimum Gasteiger partial charge on any atom is -0.497 e. The fourth-order valence-corrected chi connectivity index (χ4v) is 3.63. The van der Waals surface area contributed by atoms with Crippen LogP contribution >= 0.6 is 11.6 Å². The molecule has 3 aromatic rings. The Labute approximate surface area is 168 Å². The standard InChI is InChI=1S/C22H21ClN2O3/c1-13-19(21(25-28-13)17-5-3-4-6-18(17)23)22(26)24-20(14-7-8-14)15-9-11-16(27-2)12-10-15/h3-6,9-12,14,20H,7-8H2,1-2H3,(H,24,26)/t20-/m0/s1. The van der Waals surface area contributed by atoms with Crippen LogP contribution in [0.5, 0.6) is 5.75 Å². The number of carbonyl (C=O) groups excluding carboxylic acids is 1. The number of nitrogens with zero attached hydrogens (tertiary/aromatic N) is 1. The number of aromatic nitrogens is 1. The molecule has 0 radical (unpaired) electrons. The zero-order valence-corrected chi connectivity index (χ0v) is 16.5. The molecule has 0 bridgehead atoms. The lowest BCUT2D eigenvalue weighted by atomic mass is 10.0. The van der Waals surface area contributed by atoms with Crippen molar-refractivity contribution in [3.8, 4) is 17.0 Å². The number of methoxy groups -OCH3 is 1. The molecule has 0 aliphatic heterocycles. The van der Waals surface area contributed by atoms with Gasteiger partial charge in [0, 0.05) is 5.56 Å². The summed E-state index contributed by atoms with van der Waals surface area (Å²) < 4.78 is 10.6. The van der Waals surface area contributed by atoms with Crippen molar-refractivity contribution in [2.75, 3.05) is 7.11 Å². The molecule has 1 fully saturated rings. The van der Waals surface area contributed by atoms with Gasteiger partial charge in [0.1, 0.15) is 22.8 Å². The van der Waals surface area contributed by atoms with Gasteiger partial charge in [-0.15, -0.1) is 0 Å². The van der Waals surface area contributed by atoms with E-state index in [1.807, 2.05) is 42.5 Å². The van der Waals surface area contributed by atoms with Gasteiger partial charge in [0.2, 0.25) is 0 Å². The molecule has 0 saturated heterocycles. The number of rotatable bonds is 6. The molecule has 4 rings (SSSR count). The van der Waals surface area contributed by atoms with Gasteiger partial charge in [-0.25, -0.2) is 0 Å². The van der Waals surface area contributed by atoms with Crippen LogP contribution in [0.1, 0.15) is 40.6 Å². The van der Waals surface area contributed by atoms with Crippen LogP contribution in [-0.2, 0) is 0 Å². The van der Waals surface area contributed by atoms with Gasteiger partial charge in [0.25, 0.3) is 5.91 Å². The predicted molar refractivity (Wildman–Crippen MR) is 108 cm³/mol. The first-order valence-corrected chi connectivity index (χ1v) is 9.62. The molecule has 1 saturated carbocycles. The molecule has 6 heteroatoms. The molecule has 2 aromatic carbocycles. The van der Waals surface area contributed by atoms with E-state index in [4.69, 9.17) is 20.9 Å². The summed E-state index contributed by atoms with van der Waals surface area (Å²) in [7, 11) is 1.64. The minimum absolute atomic E-state index is 0.0631. The molecule has 1 heterocycles. The number of amides is 1. The van der Waals surface area contributed by atoms with Crippen LogP contribution < -0.4 is 10.1 Å². The van der Waals surface area contributed by atoms with Crippen molar-refractivity contribution in [3.63, 3.8) is 0 Å². The Morgan fingerprint density at radius 1 is 1.21 bits per heavy atom. The molecule has 5 nitrogen and oxygen atoms in total. The Balaban J connectivity index is 1.64. The zero-order chi connectivity index (χ0) is 19.7. The van der Waals surface area contributed by atoms with E-state index < -0.39 is 0 Å². The number of aryl methyl sites for hydroxylation is 1. The Morgan fingerprint density at radius 3 is 2.57 bits per heavy atom. The number of nitrogens with one attached hydrogen (secondary N) is 1. The molecule has 144 valence electrons. The summed E-state index contributed by atoms with van der Waals surface area (Å²) >= 11 is 6.31. The van der Waals surface area contributed by atoms with E-state index in [9.17, 15) is 4.79 Å². The highest BCUT2D eigenvalue weighted by atomic mass is 35.5. The van der Waals surface area contributed by atoms with Crippen molar-refractivity contribution in [1.82, 2.24) is 10.5 Å². The van der Waals surface area contributed by atoms with Crippen molar-refractivity contribution in [2.45, 2.75) is 25.8 Å². The number of benzene rings is 2. The van der Waals surface area contributed by atoms with E-state index in [0.717, 1.165) is 24.2 Å². The first-order chi connectivity index (χ1) is 13.6. The Bertz CT molecular complexity index is 993. The van der Waals surface area contributed by atoms with Gasteiger partial charge in [0.05, 0.1) is 18.2 Å². The third-order valence-corrected chi connectivity index (χ3v) is 5.40. The van der Waals surface area contributed by atoms with Crippen molar-refractivity contribution < 1.29 is 14.1 Å². The van der Waals surface area contributed by atoms with Crippen LogP contribution in [0.25, 0.3) is 11.3 Å². The first kappa shape index (κ1) is 18.6. The van der Waals surface area contributed by atoms with Crippen molar-refractivity contribution in [2.24, 2.45) is 5.92 Å².